The smallest absolute Gasteiger partial charge is 0.313 e. The van der Waals surface area contributed by atoms with E-state index in [0.29, 0.717) is 5.25 Å². The summed E-state index contributed by atoms with van der Waals surface area (Å²) in [4.78, 5) is 19.5. The van der Waals surface area contributed by atoms with E-state index >= 15 is 0 Å². The molecular formula is C12H15N3O2S2. The van der Waals surface area contributed by atoms with E-state index in [4.69, 9.17) is 5.11 Å². The highest BCUT2D eigenvalue weighted by Crippen LogP contribution is 2.24. The summed E-state index contributed by atoms with van der Waals surface area (Å²) in [6, 6.07) is 3.73. The summed E-state index contributed by atoms with van der Waals surface area (Å²) in [5, 5.41) is 9.93. The van der Waals surface area contributed by atoms with Gasteiger partial charge in [0.1, 0.15) is 5.52 Å². The zero-order valence-electron chi connectivity index (χ0n) is 10.7. The van der Waals surface area contributed by atoms with Gasteiger partial charge in [0.25, 0.3) is 0 Å². The molecule has 1 N–H and O–H groups in total. The lowest BCUT2D eigenvalue weighted by Crippen LogP contribution is -2.11. The van der Waals surface area contributed by atoms with Crippen LogP contribution < -0.4 is 0 Å². The van der Waals surface area contributed by atoms with Crippen molar-refractivity contribution >= 4 is 40.7 Å². The third kappa shape index (κ3) is 3.42. The van der Waals surface area contributed by atoms with Crippen molar-refractivity contribution in [2.24, 2.45) is 0 Å². The zero-order chi connectivity index (χ0) is 13.8. The summed E-state index contributed by atoms with van der Waals surface area (Å²) in [7, 11) is 0. The second-order valence-electron chi connectivity index (χ2n) is 4.08. The molecule has 0 bridgehead atoms. The Balaban J connectivity index is 2.36. The molecule has 2 heterocycles. The highest BCUT2D eigenvalue weighted by Gasteiger charge is 2.15. The van der Waals surface area contributed by atoms with Gasteiger partial charge in [0, 0.05) is 18.0 Å². The first-order valence-electron chi connectivity index (χ1n) is 5.80. The fourth-order valence-corrected chi connectivity index (χ4v) is 2.70. The molecule has 1 unspecified atom stereocenters. The number of carboxylic acids is 1. The molecule has 0 amide bonds. The van der Waals surface area contributed by atoms with Crippen LogP contribution in [0.5, 0.6) is 0 Å². The maximum atomic E-state index is 10.7. The average molecular weight is 297 g/mol. The van der Waals surface area contributed by atoms with E-state index in [2.05, 4.69) is 23.1 Å². The van der Waals surface area contributed by atoms with Crippen molar-refractivity contribution in [1.29, 1.82) is 0 Å². The Morgan fingerprint density at radius 1 is 1.58 bits per heavy atom. The standard InChI is InChI=1S/C12H15N3O2S2/c1-8(18-2)6-15-11-9(4-3-5-13-11)14-12(15)19-7-10(16)17/h3-5,8H,6-7H2,1-2H3,(H,16,17). The third-order valence-corrected chi connectivity index (χ3v) is 4.55. The molecule has 0 fully saturated rings. The molecule has 0 saturated heterocycles. The zero-order valence-corrected chi connectivity index (χ0v) is 12.4. The van der Waals surface area contributed by atoms with E-state index in [1.807, 2.05) is 16.7 Å². The molecule has 0 radical (unpaired) electrons. The van der Waals surface area contributed by atoms with E-state index in [1.165, 1.54) is 11.8 Å². The first kappa shape index (κ1) is 14.2. The predicted molar refractivity (Wildman–Crippen MR) is 78.9 cm³/mol. The minimum absolute atomic E-state index is 0.0109. The SMILES string of the molecule is CSC(C)Cn1c(SCC(=O)O)nc2cccnc21. The van der Waals surface area contributed by atoms with Crippen molar-refractivity contribution in [2.75, 3.05) is 12.0 Å². The fourth-order valence-electron chi connectivity index (χ4n) is 1.67. The highest BCUT2D eigenvalue weighted by atomic mass is 32.2. The van der Waals surface area contributed by atoms with E-state index < -0.39 is 5.97 Å². The number of pyridine rings is 1. The third-order valence-electron chi connectivity index (χ3n) is 2.64. The molecule has 0 aliphatic rings. The van der Waals surface area contributed by atoms with E-state index in [1.54, 1.807) is 18.0 Å². The number of aliphatic carboxylic acids is 1. The maximum Gasteiger partial charge on any atom is 0.313 e. The molecular weight excluding hydrogens is 282 g/mol. The Morgan fingerprint density at radius 3 is 3.05 bits per heavy atom. The molecule has 2 rings (SSSR count). The Hall–Kier alpha value is -1.21. The van der Waals surface area contributed by atoms with Crippen LogP contribution in [0.2, 0.25) is 0 Å². The van der Waals surface area contributed by atoms with Crippen LogP contribution in [0.1, 0.15) is 6.92 Å². The van der Waals surface area contributed by atoms with Crippen molar-refractivity contribution in [3.8, 4) is 0 Å². The van der Waals surface area contributed by atoms with E-state index in [-0.39, 0.29) is 5.75 Å². The Kier molecular flexibility index (Phi) is 4.71. The van der Waals surface area contributed by atoms with Gasteiger partial charge >= 0.3 is 5.97 Å². The van der Waals surface area contributed by atoms with Crippen molar-refractivity contribution in [3.63, 3.8) is 0 Å². The van der Waals surface area contributed by atoms with Gasteiger partial charge in [-0.25, -0.2) is 9.97 Å². The van der Waals surface area contributed by atoms with Gasteiger partial charge in [0.15, 0.2) is 10.8 Å². The molecule has 0 saturated carbocycles. The minimum atomic E-state index is -0.838. The Bertz CT molecular complexity index is 585. The Morgan fingerprint density at radius 2 is 2.37 bits per heavy atom. The molecule has 7 heteroatoms. The highest BCUT2D eigenvalue weighted by molar-refractivity contribution is 7.99. The van der Waals surface area contributed by atoms with Gasteiger partial charge in [-0.3, -0.25) is 4.79 Å². The summed E-state index contributed by atoms with van der Waals surface area (Å²) in [6.07, 6.45) is 3.79. The van der Waals surface area contributed by atoms with Gasteiger partial charge in [-0.1, -0.05) is 18.7 Å². The van der Waals surface area contributed by atoms with Crippen LogP contribution in [0.4, 0.5) is 0 Å². The van der Waals surface area contributed by atoms with Crippen LogP contribution in [0.3, 0.4) is 0 Å². The number of rotatable bonds is 6. The van der Waals surface area contributed by atoms with Gasteiger partial charge in [-0.2, -0.15) is 11.8 Å². The minimum Gasteiger partial charge on any atom is -0.481 e. The summed E-state index contributed by atoms with van der Waals surface area (Å²) in [5.41, 5.74) is 1.62. The van der Waals surface area contributed by atoms with Gasteiger partial charge in [-0.15, -0.1) is 0 Å². The second kappa shape index (κ2) is 6.29. The lowest BCUT2D eigenvalue weighted by molar-refractivity contribution is -0.133. The molecule has 0 aliphatic carbocycles. The second-order valence-corrected chi connectivity index (χ2v) is 6.30. The number of thioether (sulfide) groups is 2. The van der Waals surface area contributed by atoms with Gasteiger partial charge < -0.3 is 9.67 Å². The van der Waals surface area contributed by atoms with Crippen molar-refractivity contribution < 1.29 is 9.90 Å². The molecule has 5 nitrogen and oxygen atoms in total. The summed E-state index contributed by atoms with van der Waals surface area (Å²) in [5.74, 6) is -0.828. The Labute approximate surface area is 119 Å². The number of fused-ring (bicyclic) bond motifs is 1. The van der Waals surface area contributed by atoms with Crippen LogP contribution in [0.15, 0.2) is 23.5 Å². The van der Waals surface area contributed by atoms with E-state index in [9.17, 15) is 4.79 Å². The van der Waals surface area contributed by atoms with Gasteiger partial charge in [-0.05, 0) is 18.4 Å². The van der Waals surface area contributed by atoms with Crippen LogP contribution in [0, 0.1) is 0 Å². The molecule has 0 spiro atoms. The molecule has 0 aliphatic heterocycles. The average Bonchev–Trinajstić information content (AvgIpc) is 2.74. The van der Waals surface area contributed by atoms with Crippen molar-refractivity contribution in [3.05, 3.63) is 18.3 Å². The normalized spacial score (nSPS) is 12.7. The number of hydrogen-bond donors (Lipinski definition) is 1. The molecule has 0 aromatic carbocycles. The molecule has 102 valence electrons. The number of aromatic nitrogens is 3. The summed E-state index contributed by atoms with van der Waals surface area (Å²) in [6.45, 7) is 2.90. The molecule has 2 aromatic heterocycles. The first-order chi connectivity index (χ1) is 9.11. The number of hydrogen-bond acceptors (Lipinski definition) is 5. The van der Waals surface area contributed by atoms with Crippen molar-refractivity contribution in [1.82, 2.24) is 14.5 Å². The largest absolute Gasteiger partial charge is 0.481 e. The lowest BCUT2D eigenvalue weighted by Gasteiger charge is -2.12. The van der Waals surface area contributed by atoms with E-state index in [0.717, 1.165) is 22.9 Å². The molecule has 19 heavy (non-hydrogen) atoms. The molecule has 1 atom stereocenters. The van der Waals surface area contributed by atoms with Gasteiger partial charge in [0.2, 0.25) is 0 Å². The summed E-state index contributed by atoms with van der Waals surface area (Å²) < 4.78 is 2.00. The number of imidazole rings is 1. The maximum absolute atomic E-state index is 10.7. The number of carboxylic acid groups (broad SMARTS) is 1. The number of nitrogens with zero attached hydrogens (tertiary/aromatic N) is 3. The van der Waals surface area contributed by atoms with Crippen molar-refractivity contribution in [2.45, 2.75) is 23.9 Å². The first-order valence-corrected chi connectivity index (χ1v) is 8.07. The van der Waals surface area contributed by atoms with Gasteiger partial charge in [0.05, 0.1) is 5.75 Å². The summed E-state index contributed by atoms with van der Waals surface area (Å²) >= 11 is 3.00. The number of carbonyl (C=O) groups is 1. The predicted octanol–water partition coefficient (Wildman–Crippen LogP) is 2.36. The monoisotopic (exact) mass is 297 g/mol. The fraction of sp³-hybridized carbons (Fsp3) is 0.417. The van der Waals surface area contributed by atoms with Crippen LogP contribution in [-0.2, 0) is 11.3 Å². The van der Waals surface area contributed by atoms with Crippen LogP contribution >= 0.6 is 23.5 Å². The lowest BCUT2D eigenvalue weighted by atomic mass is 10.4. The quantitative estimate of drug-likeness (QED) is 0.826. The molecule has 2 aromatic rings. The topological polar surface area (TPSA) is 68.0 Å². The van der Waals surface area contributed by atoms with Crippen LogP contribution in [0.25, 0.3) is 11.2 Å². The van der Waals surface area contributed by atoms with Crippen LogP contribution in [-0.4, -0.2) is 42.9 Å².